The summed E-state index contributed by atoms with van der Waals surface area (Å²) in [4.78, 5) is 24.7. The predicted octanol–water partition coefficient (Wildman–Crippen LogP) is 7.09. The summed E-state index contributed by atoms with van der Waals surface area (Å²) >= 11 is 0. The van der Waals surface area contributed by atoms with E-state index in [1.54, 1.807) is 37.4 Å². The summed E-state index contributed by atoms with van der Waals surface area (Å²) in [6.07, 6.45) is -4.12. The van der Waals surface area contributed by atoms with Crippen molar-refractivity contribution in [3.8, 4) is 16.9 Å². The Hall–Kier alpha value is -3.81. The Balaban J connectivity index is 1.78. The van der Waals surface area contributed by atoms with Gasteiger partial charge in [-0.05, 0) is 65.4 Å². The molecule has 0 spiro atoms. The number of carboxylic acids is 1. The molecule has 0 heterocycles. The molecule has 3 rings (SSSR count). The monoisotopic (exact) mass is 513 g/mol. The molecule has 0 saturated heterocycles. The molecule has 1 N–H and O–H groups in total. The Bertz CT molecular complexity index is 1210. The van der Waals surface area contributed by atoms with Crippen LogP contribution in [0.25, 0.3) is 11.1 Å². The van der Waals surface area contributed by atoms with Crippen LogP contribution in [-0.2, 0) is 11.0 Å². The molecule has 3 aromatic carbocycles. The number of carbonyl (C=O) groups is 2. The Labute approximate surface area is 214 Å². The second kappa shape index (κ2) is 12.0. The smallest absolute Gasteiger partial charge is 0.416 e. The van der Waals surface area contributed by atoms with E-state index in [0.29, 0.717) is 29.2 Å². The van der Waals surface area contributed by atoms with Crippen molar-refractivity contribution < 1.29 is 32.6 Å². The van der Waals surface area contributed by atoms with Crippen molar-refractivity contribution in [2.24, 2.45) is 5.92 Å². The van der Waals surface area contributed by atoms with Gasteiger partial charge in [0.05, 0.1) is 12.0 Å². The van der Waals surface area contributed by atoms with Gasteiger partial charge in [0.2, 0.25) is 0 Å². The molecule has 1 unspecified atom stereocenters. The summed E-state index contributed by atoms with van der Waals surface area (Å²) in [6.45, 7) is 4.26. The fourth-order valence-electron chi connectivity index (χ4n) is 3.87. The number of hydrogen-bond donors (Lipinski definition) is 1. The van der Waals surface area contributed by atoms with Gasteiger partial charge in [-0.2, -0.15) is 13.2 Å². The van der Waals surface area contributed by atoms with E-state index >= 15 is 0 Å². The molecule has 5 nitrogen and oxygen atoms in total. The number of amides is 1. The highest BCUT2D eigenvalue weighted by Crippen LogP contribution is 2.33. The van der Waals surface area contributed by atoms with Gasteiger partial charge >= 0.3 is 12.1 Å². The first-order valence-electron chi connectivity index (χ1n) is 12.0. The quantitative estimate of drug-likeness (QED) is 0.314. The first kappa shape index (κ1) is 27.8. The van der Waals surface area contributed by atoms with E-state index < -0.39 is 17.7 Å². The van der Waals surface area contributed by atoms with Gasteiger partial charge in [-0.1, -0.05) is 50.2 Å². The van der Waals surface area contributed by atoms with Gasteiger partial charge in [0.1, 0.15) is 11.9 Å². The molecule has 0 radical (unpaired) electrons. The zero-order valence-corrected chi connectivity index (χ0v) is 21.0. The van der Waals surface area contributed by atoms with Crippen LogP contribution in [0.5, 0.6) is 5.75 Å². The summed E-state index contributed by atoms with van der Waals surface area (Å²) in [7, 11) is 1.56. The third-order valence-corrected chi connectivity index (χ3v) is 5.88. The Morgan fingerprint density at radius 1 is 0.946 bits per heavy atom. The first-order valence-corrected chi connectivity index (χ1v) is 12.0. The van der Waals surface area contributed by atoms with Crippen LogP contribution in [0, 0.1) is 5.92 Å². The highest BCUT2D eigenvalue weighted by Gasteiger charge is 2.30. The molecule has 37 heavy (non-hydrogen) atoms. The zero-order chi connectivity index (χ0) is 27.2. The van der Waals surface area contributed by atoms with Crippen molar-refractivity contribution in [3.63, 3.8) is 0 Å². The number of benzene rings is 3. The average Bonchev–Trinajstić information content (AvgIpc) is 2.86. The van der Waals surface area contributed by atoms with Gasteiger partial charge in [0.25, 0.3) is 5.91 Å². The van der Waals surface area contributed by atoms with Crippen LogP contribution in [0.3, 0.4) is 0 Å². The van der Waals surface area contributed by atoms with E-state index in [9.17, 15) is 22.8 Å². The molecule has 196 valence electrons. The molecule has 0 saturated carbocycles. The predicted molar refractivity (Wildman–Crippen MR) is 135 cm³/mol. The molecular weight excluding hydrogens is 483 g/mol. The number of ether oxygens (including phenoxy) is 1. The van der Waals surface area contributed by atoms with Gasteiger partial charge in [0, 0.05) is 19.2 Å². The van der Waals surface area contributed by atoms with Crippen LogP contribution in [0.1, 0.15) is 54.3 Å². The van der Waals surface area contributed by atoms with E-state index in [-0.39, 0.29) is 25.0 Å². The molecule has 1 atom stereocenters. The third kappa shape index (κ3) is 7.84. The second-order valence-corrected chi connectivity index (χ2v) is 9.33. The topological polar surface area (TPSA) is 66.8 Å². The minimum atomic E-state index is -4.39. The lowest BCUT2D eigenvalue weighted by molar-refractivity contribution is -0.138. The van der Waals surface area contributed by atoms with Crippen LogP contribution in [-0.4, -0.2) is 35.5 Å². The molecule has 8 heteroatoms. The van der Waals surface area contributed by atoms with Crippen molar-refractivity contribution in [1.29, 1.82) is 0 Å². The number of nitrogens with zero attached hydrogens (tertiary/aromatic N) is 1. The molecule has 0 aromatic heterocycles. The molecule has 3 aromatic rings. The van der Waals surface area contributed by atoms with Gasteiger partial charge < -0.3 is 14.7 Å². The Morgan fingerprint density at radius 3 is 2.16 bits per heavy atom. The standard InChI is InChI=1S/C29H30F3NO4/c1-19(2)17-26(21-7-9-22(10-8-21)28(36)33(3)16-15-27(34)35)37-25-6-4-5-23(18-25)20-11-13-24(14-12-20)29(30,31)32/h4-14,18-19,26H,15-17H2,1-3H3,(H,34,35). The zero-order valence-electron chi connectivity index (χ0n) is 21.0. The number of alkyl halides is 3. The maximum absolute atomic E-state index is 12.9. The lowest BCUT2D eigenvalue weighted by Gasteiger charge is -2.22. The number of halogens is 3. The van der Waals surface area contributed by atoms with Gasteiger partial charge in [-0.15, -0.1) is 0 Å². The summed E-state index contributed by atoms with van der Waals surface area (Å²) in [6, 6.07) is 19.3. The van der Waals surface area contributed by atoms with Crippen LogP contribution in [0.15, 0.2) is 72.8 Å². The highest BCUT2D eigenvalue weighted by atomic mass is 19.4. The van der Waals surface area contributed by atoms with Crippen LogP contribution in [0.2, 0.25) is 0 Å². The van der Waals surface area contributed by atoms with Gasteiger partial charge in [-0.3, -0.25) is 9.59 Å². The van der Waals surface area contributed by atoms with Crippen molar-refractivity contribution >= 4 is 11.9 Å². The summed E-state index contributed by atoms with van der Waals surface area (Å²) < 4.78 is 45.0. The molecule has 0 aliphatic rings. The first-order chi connectivity index (χ1) is 17.4. The number of hydrogen-bond acceptors (Lipinski definition) is 3. The lowest BCUT2D eigenvalue weighted by atomic mass is 9.98. The minimum absolute atomic E-state index is 0.115. The van der Waals surface area contributed by atoms with Crippen molar-refractivity contribution in [2.75, 3.05) is 13.6 Å². The van der Waals surface area contributed by atoms with Gasteiger partial charge in [0.15, 0.2) is 0 Å². The normalized spacial score (nSPS) is 12.3. The van der Waals surface area contributed by atoms with E-state index in [4.69, 9.17) is 9.84 Å². The maximum atomic E-state index is 12.9. The number of carboxylic acid groups (broad SMARTS) is 1. The fraction of sp³-hybridized carbons (Fsp3) is 0.310. The molecule has 0 fully saturated rings. The van der Waals surface area contributed by atoms with Crippen molar-refractivity contribution in [1.82, 2.24) is 4.90 Å². The van der Waals surface area contributed by atoms with E-state index in [2.05, 4.69) is 13.8 Å². The van der Waals surface area contributed by atoms with Gasteiger partial charge in [-0.25, -0.2) is 0 Å². The summed E-state index contributed by atoms with van der Waals surface area (Å²) in [5.41, 5.74) is 2.01. The second-order valence-electron chi connectivity index (χ2n) is 9.33. The molecule has 0 aliphatic heterocycles. The maximum Gasteiger partial charge on any atom is 0.416 e. The number of carbonyl (C=O) groups excluding carboxylic acids is 1. The molecule has 1 amide bonds. The largest absolute Gasteiger partial charge is 0.486 e. The van der Waals surface area contributed by atoms with Crippen LogP contribution in [0.4, 0.5) is 13.2 Å². The summed E-state index contributed by atoms with van der Waals surface area (Å²) in [5, 5.41) is 8.83. The Kier molecular flexibility index (Phi) is 8.97. The number of rotatable bonds is 10. The minimum Gasteiger partial charge on any atom is -0.486 e. The molecule has 0 aliphatic carbocycles. The van der Waals surface area contributed by atoms with Crippen LogP contribution >= 0.6 is 0 Å². The third-order valence-electron chi connectivity index (χ3n) is 5.88. The van der Waals surface area contributed by atoms with Crippen molar-refractivity contribution in [2.45, 2.75) is 39.0 Å². The molecular formula is C29H30F3NO4. The summed E-state index contributed by atoms with van der Waals surface area (Å²) in [5.74, 6) is -0.340. The van der Waals surface area contributed by atoms with Crippen LogP contribution < -0.4 is 4.74 Å². The lowest BCUT2D eigenvalue weighted by Crippen LogP contribution is -2.29. The fourth-order valence-corrected chi connectivity index (χ4v) is 3.87. The van der Waals surface area contributed by atoms with E-state index in [1.807, 2.05) is 18.2 Å². The SMILES string of the molecule is CC(C)CC(Oc1cccc(-c2ccc(C(F)(F)F)cc2)c1)c1ccc(C(=O)N(C)CCC(=O)O)cc1. The molecule has 0 bridgehead atoms. The highest BCUT2D eigenvalue weighted by molar-refractivity contribution is 5.94. The van der Waals surface area contributed by atoms with E-state index in [1.165, 1.54) is 17.0 Å². The average molecular weight is 514 g/mol. The van der Waals surface area contributed by atoms with Crippen molar-refractivity contribution in [3.05, 3.63) is 89.5 Å². The Morgan fingerprint density at radius 2 is 1.59 bits per heavy atom. The number of aliphatic carboxylic acids is 1. The van der Waals surface area contributed by atoms with E-state index in [0.717, 1.165) is 23.3 Å².